The van der Waals surface area contributed by atoms with Gasteiger partial charge in [-0.2, -0.15) is 0 Å². The van der Waals surface area contributed by atoms with Crippen LogP contribution >= 0.6 is 15.9 Å². The quantitative estimate of drug-likeness (QED) is 0.321. The third-order valence-corrected chi connectivity index (χ3v) is 5.90. The van der Waals surface area contributed by atoms with E-state index in [1.54, 1.807) is 29.6 Å². The Balaban J connectivity index is 1.73. The number of benzene rings is 2. The van der Waals surface area contributed by atoms with Crippen molar-refractivity contribution in [1.82, 2.24) is 14.5 Å². The molecule has 158 valence electrons. The summed E-state index contributed by atoms with van der Waals surface area (Å²) < 4.78 is 2.76. The highest BCUT2D eigenvalue weighted by molar-refractivity contribution is 9.10. The van der Waals surface area contributed by atoms with Crippen molar-refractivity contribution in [2.75, 3.05) is 6.54 Å². The van der Waals surface area contributed by atoms with Crippen molar-refractivity contribution in [3.05, 3.63) is 94.0 Å². The van der Waals surface area contributed by atoms with E-state index in [4.69, 9.17) is 0 Å². The predicted molar refractivity (Wildman–Crippen MR) is 121 cm³/mol. The van der Waals surface area contributed by atoms with Gasteiger partial charge in [-0.25, -0.2) is 4.98 Å². The molecule has 0 radical (unpaired) electrons. The van der Waals surface area contributed by atoms with E-state index in [-0.39, 0.29) is 11.3 Å². The SMILES string of the molecule is Cc1ccc(/C(O)=C2\C(=O)C(=O)N(CCCn3ccnc3)C2c2cccc(Br)c2)cc1. The van der Waals surface area contributed by atoms with Crippen molar-refractivity contribution >= 4 is 33.4 Å². The number of nitrogens with zero attached hydrogens (tertiary/aromatic N) is 3. The fourth-order valence-corrected chi connectivity index (χ4v) is 4.26. The molecule has 1 fully saturated rings. The number of Topliss-reactive ketones (excluding diaryl/α,β-unsaturated/α-hetero) is 1. The first-order valence-electron chi connectivity index (χ1n) is 10.0. The topological polar surface area (TPSA) is 75.4 Å². The number of amides is 1. The number of rotatable bonds is 6. The van der Waals surface area contributed by atoms with Crippen LogP contribution in [0.5, 0.6) is 0 Å². The van der Waals surface area contributed by atoms with Crippen LogP contribution in [-0.2, 0) is 16.1 Å². The van der Waals surface area contributed by atoms with Crippen LogP contribution in [-0.4, -0.2) is 37.8 Å². The molecular weight excluding hydrogens is 458 g/mol. The minimum absolute atomic E-state index is 0.120. The van der Waals surface area contributed by atoms with Gasteiger partial charge in [0.2, 0.25) is 0 Å². The first kappa shape index (κ1) is 21.1. The minimum atomic E-state index is -0.661. The Labute approximate surface area is 189 Å². The van der Waals surface area contributed by atoms with Gasteiger partial charge in [0, 0.05) is 35.5 Å². The number of hydrogen-bond donors (Lipinski definition) is 1. The van der Waals surface area contributed by atoms with Crippen LogP contribution in [0.25, 0.3) is 5.76 Å². The van der Waals surface area contributed by atoms with Gasteiger partial charge in [-0.3, -0.25) is 9.59 Å². The van der Waals surface area contributed by atoms with Crippen molar-refractivity contribution in [3.63, 3.8) is 0 Å². The van der Waals surface area contributed by atoms with Gasteiger partial charge < -0.3 is 14.6 Å². The molecule has 2 aromatic carbocycles. The van der Waals surface area contributed by atoms with Gasteiger partial charge in [0.15, 0.2) is 0 Å². The Morgan fingerprint density at radius 1 is 1.13 bits per heavy atom. The molecule has 4 rings (SSSR count). The molecule has 0 spiro atoms. The predicted octanol–water partition coefficient (Wildman–Crippen LogP) is 4.47. The zero-order valence-corrected chi connectivity index (χ0v) is 18.6. The molecule has 1 unspecified atom stereocenters. The first-order valence-corrected chi connectivity index (χ1v) is 10.8. The van der Waals surface area contributed by atoms with Gasteiger partial charge in [-0.05, 0) is 31.0 Å². The number of ketones is 1. The summed E-state index contributed by atoms with van der Waals surface area (Å²) in [5.41, 5.74) is 2.45. The molecule has 0 aliphatic carbocycles. The molecule has 1 N–H and O–H groups in total. The van der Waals surface area contributed by atoms with E-state index in [0.29, 0.717) is 25.1 Å². The number of halogens is 1. The second kappa shape index (κ2) is 8.89. The average Bonchev–Trinajstić information content (AvgIpc) is 3.36. The summed E-state index contributed by atoms with van der Waals surface area (Å²) in [6.07, 6.45) is 5.93. The molecule has 1 amide bonds. The van der Waals surface area contributed by atoms with Gasteiger partial charge in [-0.1, -0.05) is 57.9 Å². The summed E-state index contributed by atoms with van der Waals surface area (Å²) in [6.45, 7) is 3.00. The number of carbonyl (C=O) groups excluding carboxylic acids is 2. The molecule has 1 saturated heterocycles. The number of aromatic nitrogens is 2. The van der Waals surface area contributed by atoms with Crippen molar-refractivity contribution in [1.29, 1.82) is 0 Å². The number of aliphatic hydroxyl groups excluding tert-OH is 1. The molecule has 0 bridgehead atoms. The van der Waals surface area contributed by atoms with Crippen molar-refractivity contribution in [2.45, 2.75) is 25.9 Å². The number of aryl methyl sites for hydroxylation is 2. The van der Waals surface area contributed by atoms with Crippen LogP contribution in [0.2, 0.25) is 0 Å². The monoisotopic (exact) mass is 479 g/mol. The third kappa shape index (κ3) is 4.32. The van der Waals surface area contributed by atoms with Gasteiger partial charge in [0.05, 0.1) is 17.9 Å². The lowest BCUT2D eigenvalue weighted by Gasteiger charge is -2.25. The maximum Gasteiger partial charge on any atom is 0.295 e. The summed E-state index contributed by atoms with van der Waals surface area (Å²) in [5.74, 6) is -1.41. The highest BCUT2D eigenvalue weighted by atomic mass is 79.9. The zero-order chi connectivity index (χ0) is 22.0. The zero-order valence-electron chi connectivity index (χ0n) is 17.0. The first-order chi connectivity index (χ1) is 15.0. The maximum absolute atomic E-state index is 13.0. The molecule has 31 heavy (non-hydrogen) atoms. The Bertz CT molecular complexity index is 1140. The van der Waals surface area contributed by atoms with Crippen LogP contribution in [0.4, 0.5) is 0 Å². The molecule has 0 saturated carbocycles. The van der Waals surface area contributed by atoms with Crippen molar-refractivity contribution in [2.24, 2.45) is 0 Å². The summed E-state index contributed by atoms with van der Waals surface area (Å²) in [6, 6.07) is 14.1. The number of carbonyl (C=O) groups is 2. The Morgan fingerprint density at radius 3 is 2.58 bits per heavy atom. The Kier molecular flexibility index (Phi) is 6.04. The lowest BCUT2D eigenvalue weighted by atomic mass is 9.95. The van der Waals surface area contributed by atoms with Crippen LogP contribution < -0.4 is 0 Å². The molecule has 6 nitrogen and oxygen atoms in total. The smallest absolute Gasteiger partial charge is 0.295 e. The molecule has 1 aliphatic rings. The molecule has 2 heterocycles. The number of imidazole rings is 1. The van der Waals surface area contributed by atoms with Gasteiger partial charge in [0.1, 0.15) is 5.76 Å². The molecular formula is C24H22BrN3O3. The summed E-state index contributed by atoms with van der Waals surface area (Å²) >= 11 is 3.47. The third-order valence-electron chi connectivity index (χ3n) is 5.40. The van der Waals surface area contributed by atoms with Crippen molar-refractivity contribution < 1.29 is 14.7 Å². The Morgan fingerprint density at radius 2 is 1.90 bits per heavy atom. The second-order valence-corrected chi connectivity index (χ2v) is 8.48. The summed E-state index contributed by atoms with van der Waals surface area (Å²) in [4.78, 5) is 31.6. The van der Waals surface area contributed by atoms with E-state index in [0.717, 1.165) is 15.6 Å². The maximum atomic E-state index is 13.0. The van der Waals surface area contributed by atoms with Crippen molar-refractivity contribution in [3.8, 4) is 0 Å². The summed E-state index contributed by atoms with van der Waals surface area (Å²) in [7, 11) is 0. The van der Waals surface area contributed by atoms with Crippen LogP contribution in [0.3, 0.4) is 0 Å². The van der Waals surface area contributed by atoms with E-state index in [9.17, 15) is 14.7 Å². The van der Waals surface area contributed by atoms with E-state index in [1.165, 1.54) is 0 Å². The van der Waals surface area contributed by atoms with E-state index >= 15 is 0 Å². The van der Waals surface area contributed by atoms with Gasteiger partial charge >= 0.3 is 0 Å². The standard InChI is InChI=1S/C24H22BrN3O3/c1-16-6-8-17(9-7-16)22(29)20-21(18-4-2-5-19(25)14-18)28(24(31)23(20)30)12-3-11-27-13-10-26-15-27/h2,4-10,13-15,21,29H,3,11-12H2,1H3/b22-20+. The molecule has 3 aromatic rings. The summed E-state index contributed by atoms with van der Waals surface area (Å²) in [5, 5.41) is 11.0. The largest absolute Gasteiger partial charge is 0.507 e. The average molecular weight is 480 g/mol. The highest BCUT2D eigenvalue weighted by Gasteiger charge is 2.45. The minimum Gasteiger partial charge on any atom is -0.507 e. The number of hydrogen-bond acceptors (Lipinski definition) is 4. The molecule has 1 atom stereocenters. The normalized spacial score (nSPS) is 18.0. The molecule has 1 aromatic heterocycles. The van der Waals surface area contributed by atoms with E-state index in [2.05, 4.69) is 20.9 Å². The van der Waals surface area contributed by atoms with Crippen LogP contribution in [0.1, 0.15) is 29.2 Å². The molecule has 7 heteroatoms. The van der Waals surface area contributed by atoms with Crippen LogP contribution in [0, 0.1) is 6.92 Å². The van der Waals surface area contributed by atoms with E-state index < -0.39 is 17.7 Å². The Hall–Kier alpha value is -3.19. The lowest BCUT2D eigenvalue weighted by molar-refractivity contribution is -0.139. The fourth-order valence-electron chi connectivity index (χ4n) is 3.84. The van der Waals surface area contributed by atoms with Crippen LogP contribution in [0.15, 0.2) is 77.3 Å². The van der Waals surface area contributed by atoms with Gasteiger partial charge in [0.25, 0.3) is 11.7 Å². The second-order valence-electron chi connectivity index (χ2n) is 7.57. The number of aliphatic hydroxyl groups is 1. The highest BCUT2D eigenvalue weighted by Crippen LogP contribution is 2.40. The lowest BCUT2D eigenvalue weighted by Crippen LogP contribution is -2.31. The van der Waals surface area contributed by atoms with E-state index in [1.807, 2.05) is 54.1 Å². The fraction of sp³-hybridized carbons (Fsp3) is 0.208. The molecule has 1 aliphatic heterocycles. The van der Waals surface area contributed by atoms with Gasteiger partial charge in [-0.15, -0.1) is 0 Å². The number of likely N-dealkylation sites (tertiary alicyclic amines) is 1.